The van der Waals surface area contributed by atoms with Crippen molar-refractivity contribution in [1.82, 2.24) is 9.78 Å². The van der Waals surface area contributed by atoms with Crippen LogP contribution in [-0.4, -0.2) is 15.8 Å². The first-order valence-electron chi connectivity index (χ1n) is 6.09. The normalized spacial score (nSPS) is 11.9. The molecule has 0 spiro atoms. The zero-order valence-corrected chi connectivity index (χ0v) is 12.3. The van der Waals surface area contributed by atoms with Crippen LogP contribution in [0.1, 0.15) is 33.1 Å². The van der Waals surface area contributed by atoms with Gasteiger partial charge in [-0.2, -0.15) is 5.10 Å². The summed E-state index contributed by atoms with van der Waals surface area (Å²) >= 11 is 3.31. The molecular formula is C13H18BrN3O. The Labute approximate surface area is 116 Å². The lowest BCUT2D eigenvalue weighted by Crippen LogP contribution is -2.26. The van der Waals surface area contributed by atoms with Gasteiger partial charge in [-0.05, 0) is 28.8 Å². The van der Waals surface area contributed by atoms with Gasteiger partial charge in [0.25, 0.3) is 5.56 Å². The molecular weight excluding hydrogens is 294 g/mol. The fraction of sp³-hybridized carbons (Fsp3) is 0.538. The van der Waals surface area contributed by atoms with Crippen molar-refractivity contribution in [2.75, 3.05) is 5.32 Å². The van der Waals surface area contributed by atoms with Crippen LogP contribution < -0.4 is 10.9 Å². The van der Waals surface area contributed by atoms with E-state index in [1.807, 2.05) is 0 Å². The van der Waals surface area contributed by atoms with Gasteiger partial charge in [-0.3, -0.25) is 4.79 Å². The van der Waals surface area contributed by atoms with E-state index in [0.29, 0.717) is 10.5 Å². The number of hydrogen-bond acceptors (Lipinski definition) is 3. The Morgan fingerprint density at radius 3 is 2.89 bits per heavy atom. The van der Waals surface area contributed by atoms with Crippen LogP contribution in [0.25, 0.3) is 0 Å². The molecule has 18 heavy (non-hydrogen) atoms. The molecule has 1 unspecified atom stereocenters. The molecule has 5 heteroatoms. The average molecular weight is 312 g/mol. The third-order valence-corrected chi connectivity index (χ3v) is 3.48. The standard InChI is InChI=1S/C13H18BrN3O/c1-4-7-10(6-3)16-11-9-15-17(8-5-2)13(18)12(11)14/h2,9-10,16H,4,6-8H2,1,3H3. The van der Waals surface area contributed by atoms with Crippen LogP contribution >= 0.6 is 15.9 Å². The molecule has 1 aromatic rings. The highest BCUT2D eigenvalue weighted by atomic mass is 79.9. The first-order valence-corrected chi connectivity index (χ1v) is 6.88. The van der Waals surface area contributed by atoms with Crippen molar-refractivity contribution in [1.29, 1.82) is 0 Å². The van der Waals surface area contributed by atoms with E-state index >= 15 is 0 Å². The van der Waals surface area contributed by atoms with Gasteiger partial charge in [0.2, 0.25) is 0 Å². The highest BCUT2D eigenvalue weighted by Crippen LogP contribution is 2.19. The van der Waals surface area contributed by atoms with Crippen LogP contribution in [0, 0.1) is 12.3 Å². The van der Waals surface area contributed by atoms with E-state index in [2.05, 4.69) is 46.1 Å². The second-order valence-electron chi connectivity index (χ2n) is 4.08. The molecule has 0 aliphatic rings. The molecule has 0 aromatic carbocycles. The lowest BCUT2D eigenvalue weighted by molar-refractivity contribution is 0.616. The van der Waals surface area contributed by atoms with E-state index < -0.39 is 0 Å². The summed E-state index contributed by atoms with van der Waals surface area (Å²) in [6, 6.07) is 0.357. The minimum Gasteiger partial charge on any atom is -0.380 e. The zero-order valence-electron chi connectivity index (χ0n) is 10.7. The van der Waals surface area contributed by atoms with Crippen molar-refractivity contribution < 1.29 is 0 Å². The second-order valence-corrected chi connectivity index (χ2v) is 4.87. The van der Waals surface area contributed by atoms with Gasteiger partial charge in [0.15, 0.2) is 0 Å². The largest absolute Gasteiger partial charge is 0.380 e. The maximum atomic E-state index is 11.9. The van der Waals surface area contributed by atoms with E-state index in [0.717, 1.165) is 24.9 Å². The average Bonchev–Trinajstić information content (AvgIpc) is 2.37. The van der Waals surface area contributed by atoms with Gasteiger partial charge < -0.3 is 5.32 Å². The van der Waals surface area contributed by atoms with Gasteiger partial charge in [-0.25, -0.2) is 4.68 Å². The molecule has 0 saturated heterocycles. The monoisotopic (exact) mass is 311 g/mol. The summed E-state index contributed by atoms with van der Waals surface area (Å²) in [7, 11) is 0. The van der Waals surface area contributed by atoms with E-state index in [9.17, 15) is 4.79 Å². The SMILES string of the molecule is C#CCn1ncc(NC(CC)CCC)c(Br)c1=O. The second kappa shape index (κ2) is 7.22. The Morgan fingerprint density at radius 1 is 1.61 bits per heavy atom. The molecule has 1 aromatic heterocycles. The molecule has 0 fully saturated rings. The Morgan fingerprint density at radius 2 is 2.33 bits per heavy atom. The van der Waals surface area contributed by atoms with Crippen molar-refractivity contribution >= 4 is 21.6 Å². The highest BCUT2D eigenvalue weighted by Gasteiger charge is 2.11. The molecule has 1 rings (SSSR count). The fourth-order valence-electron chi connectivity index (χ4n) is 1.71. The number of anilines is 1. The van der Waals surface area contributed by atoms with Crippen molar-refractivity contribution in [3.05, 3.63) is 21.0 Å². The molecule has 0 radical (unpaired) electrons. The molecule has 0 aliphatic carbocycles. The summed E-state index contributed by atoms with van der Waals surface area (Å²) in [6.07, 6.45) is 9.99. The highest BCUT2D eigenvalue weighted by molar-refractivity contribution is 9.10. The number of terminal acetylenes is 1. The topological polar surface area (TPSA) is 46.9 Å². The van der Waals surface area contributed by atoms with Crippen LogP contribution in [0.15, 0.2) is 15.5 Å². The van der Waals surface area contributed by atoms with Crippen LogP contribution in [0.4, 0.5) is 5.69 Å². The predicted molar refractivity (Wildman–Crippen MR) is 77.6 cm³/mol. The predicted octanol–water partition coefficient (Wildman–Crippen LogP) is 2.63. The molecule has 98 valence electrons. The van der Waals surface area contributed by atoms with E-state index in [4.69, 9.17) is 6.42 Å². The van der Waals surface area contributed by atoms with Crippen molar-refractivity contribution in [3.63, 3.8) is 0 Å². The van der Waals surface area contributed by atoms with E-state index in [1.54, 1.807) is 6.20 Å². The lowest BCUT2D eigenvalue weighted by atomic mass is 10.1. The van der Waals surface area contributed by atoms with Crippen LogP contribution in [-0.2, 0) is 6.54 Å². The Kier molecular flexibility index (Phi) is 5.93. The van der Waals surface area contributed by atoms with Gasteiger partial charge >= 0.3 is 0 Å². The lowest BCUT2D eigenvalue weighted by Gasteiger charge is -2.18. The zero-order chi connectivity index (χ0) is 13.5. The minimum atomic E-state index is -0.204. The maximum Gasteiger partial charge on any atom is 0.284 e. The number of aromatic nitrogens is 2. The molecule has 4 nitrogen and oxygen atoms in total. The maximum absolute atomic E-state index is 11.9. The van der Waals surface area contributed by atoms with Gasteiger partial charge in [-0.15, -0.1) is 6.42 Å². The molecule has 1 atom stereocenters. The third-order valence-electron chi connectivity index (χ3n) is 2.72. The summed E-state index contributed by atoms with van der Waals surface area (Å²) in [5, 5.41) is 7.38. The van der Waals surface area contributed by atoms with Gasteiger partial charge in [-0.1, -0.05) is 26.2 Å². The molecule has 0 amide bonds. The molecule has 0 aliphatic heterocycles. The summed E-state index contributed by atoms with van der Waals surface area (Å²) in [5.41, 5.74) is 0.526. The van der Waals surface area contributed by atoms with Gasteiger partial charge in [0.05, 0.1) is 11.9 Å². The smallest absolute Gasteiger partial charge is 0.284 e. The number of nitrogens with zero attached hydrogens (tertiary/aromatic N) is 2. The summed E-state index contributed by atoms with van der Waals surface area (Å²) in [4.78, 5) is 11.9. The number of nitrogens with one attached hydrogen (secondary N) is 1. The van der Waals surface area contributed by atoms with E-state index in [1.165, 1.54) is 4.68 Å². The molecule has 0 saturated carbocycles. The van der Waals surface area contributed by atoms with E-state index in [-0.39, 0.29) is 12.1 Å². The van der Waals surface area contributed by atoms with Crippen LogP contribution in [0.5, 0.6) is 0 Å². The summed E-state index contributed by atoms with van der Waals surface area (Å²) in [5.74, 6) is 2.40. The Hall–Kier alpha value is -1.28. The minimum absolute atomic E-state index is 0.184. The van der Waals surface area contributed by atoms with Crippen LogP contribution in [0.2, 0.25) is 0 Å². The number of halogens is 1. The first-order chi connectivity index (χ1) is 8.63. The van der Waals surface area contributed by atoms with Crippen molar-refractivity contribution in [3.8, 4) is 12.3 Å². The quantitative estimate of drug-likeness (QED) is 0.822. The Balaban J connectivity index is 2.95. The van der Waals surface area contributed by atoms with Gasteiger partial charge in [0, 0.05) is 6.04 Å². The molecule has 1 heterocycles. The van der Waals surface area contributed by atoms with Crippen LogP contribution in [0.3, 0.4) is 0 Å². The number of hydrogen-bond donors (Lipinski definition) is 1. The summed E-state index contributed by atoms with van der Waals surface area (Å²) < 4.78 is 1.75. The molecule has 1 N–H and O–H groups in total. The third kappa shape index (κ3) is 3.61. The first kappa shape index (κ1) is 14.8. The van der Waals surface area contributed by atoms with Crippen molar-refractivity contribution in [2.45, 2.75) is 45.7 Å². The van der Waals surface area contributed by atoms with Crippen molar-refractivity contribution in [2.24, 2.45) is 0 Å². The fourth-order valence-corrected chi connectivity index (χ4v) is 2.13. The molecule has 0 bridgehead atoms. The van der Waals surface area contributed by atoms with Gasteiger partial charge in [0.1, 0.15) is 11.0 Å². The Bertz CT molecular complexity index is 490. The number of rotatable bonds is 6. The summed E-state index contributed by atoms with van der Waals surface area (Å²) in [6.45, 7) is 4.45.